The lowest BCUT2D eigenvalue weighted by molar-refractivity contribution is -0.128. The molecule has 1 fully saturated rings. The van der Waals surface area contributed by atoms with Gasteiger partial charge in [0.1, 0.15) is 5.75 Å². The number of nitrogens with zero attached hydrogens (tertiary/aromatic N) is 1. The fraction of sp³-hybridized carbons (Fsp3) is 0.619. The summed E-state index contributed by atoms with van der Waals surface area (Å²) in [6.07, 6.45) is 4.04. The highest BCUT2D eigenvalue weighted by molar-refractivity contribution is 5.92. The Bertz CT molecular complexity index is 593. The highest BCUT2D eigenvalue weighted by atomic mass is 16.5. The zero-order valence-corrected chi connectivity index (χ0v) is 16.8. The lowest BCUT2D eigenvalue weighted by Crippen LogP contribution is -2.36. The van der Waals surface area contributed by atoms with Crippen molar-refractivity contribution in [2.45, 2.75) is 39.0 Å². The van der Waals surface area contributed by atoms with E-state index in [0.29, 0.717) is 6.61 Å². The molecule has 0 unspecified atom stereocenters. The molecule has 2 amide bonds. The molecular weight excluding hydrogens is 342 g/mol. The van der Waals surface area contributed by atoms with Gasteiger partial charge in [-0.3, -0.25) is 9.59 Å². The third kappa shape index (κ3) is 7.21. The van der Waals surface area contributed by atoms with Crippen LogP contribution >= 0.6 is 0 Å². The van der Waals surface area contributed by atoms with Crippen molar-refractivity contribution in [3.63, 3.8) is 0 Å². The summed E-state index contributed by atoms with van der Waals surface area (Å²) in [5.41, 5.74) is 0.782. The average Bonchev–Trinajstić information content (AvgIpc) is 2.67. The first-order valence-corrected chi connectivity index (χ1v) is 9.95. The fourth-order valence-corrected chi connectivity index (χ4v) is 3.41. The van der Waals surface area contributed by atoms with Gasteiger partial charge in [0.2, 0.25) is 11.8 Å². The summed E-state index contributed by atoms with van der Waals surface area (Å²) >= 11 is 0. The maximum atomic E-state index is 12.5. The minimum atomic E-state index is -0.0191. The molecule has 1 aliphatic carbocycles. The Labute approximate surface area is 162 Å². The Hall–Kier alpha value is -2.08. The number of ether oxygens (including phenoxy) is 1. The van der Waals surface area contributed by atoms with Crippen LogP contribution in [0, 0.1) is 11.8 Å². The molecule has 1 aliphatic rings. The number of nitrogens with one attached hydrogen (secondary N) is 2. The van der Waals surface area contributed by atoms with Crippen molar-refractivity contribution in [2.75, 3.05) is 39.1 Å². The van der Waals surface area contributed by atoms with Crippen LogP contribution < -0.4 is 15.4 Å². The number of carbonyl (C=O) groups is 2. The molecule has 0 spiro atoms. The van der Waals surface area contributed by atoms with E-state index in [-0.39, 0.29) is 23.7 Å². The molecule has 150 valence electrons. The predicted octanol–water partition coefficient (Wildman–Crippen LogP) is 2.90. The smallest absolute Gasteiger partial charge is 0.227 e. The number of carbonyl (C=O) groups excluding carboxylic acids is 2. The van der Waals surface area contributed by atoms with E-state index in [2.05, 4.69) is 15.5 Å². The summed E-state index contributed by atoms with van der Waals surface area (Å²) in [7, 11) is 4.06. The molecular formula is C21H33N3O3. The summed E-state index contributed by atoms with van der Waals surface area (Å²) < 4.78 is 5.41. The first-order chi connectivity index (χ1) is 13.0. The molecule has 0 bridgehead atoms. The zero-order chi connectivity index (χ0) is 19.6. The van der Waals surface area contributed by atoms with Crippen molar-refractivity contribution in [2.24, 2.45) is 11.8 Å². The molecule has 1 aromatic rings. The topological polar surface area (TPSA) is 70.7 Å². The molecule has 1 saturated carbocycles. The molecule has 0 aliphatic heterocycles. The van der Waals surface area contributed by atoms with Gasteiger partial charge in [0.15, 0.2) is 0 Å². The van der Waals surface area contributed by atoms with Gasteiger partial charge >= 0.3 is 0 Å². The Kier molecular flexibility index (Phi) is 8.58. The second-order valence-corrected chi connectivity index (χ2v) is 7.44. The van der Waals surface area contributed by atoms with Crippen LogP contribution in [0.2, 0.25) is 0 Å². The number of anilines is 1. The summed E-state index contributed by atoms with van der Waals surface area (Å²) in [5.74, 6) is 1.00. The van der Waals surface area contributed by atoms with E-state index in [1.807, 2.05) is 45.3 Å². The largest absolute Gasteiger partial charge is 0.494 e. The quantitative estimate of drug-likeness (QED) is 0.651. The maximum absolute atomic E-state index is 12.5. The molecule has 27 heavy (non-hydrogen) atoms. The van der Waals surface area contributed by atoms with Crippen LogP contribution in [0.3, 0.4) is 0 Å². The Morgan fingerprint density at radius 2 is 1.63 bits per heavy atom. The second-order valence-electron chi connectivity index (χ2n) is 7.44. The van der Waals surface area contributed by atoms with Crippen LogP contribution in [-0.4, -0.2) is 50.5 Å². The normalized spacial score (nSPS) is 19.6. The average molecular weight is 376 g/mol. The first kappa shape index (κ1) is 21.2. The standard InChI is InChI=1S/C21H33N3O3/c1-4-27-19-12-10-18(11-13-19)23-21(26)17-8-6-16(7-9-17)20(25)22-14-5-15-24(2)3/h10-13,16-17H,4-9,14-15H2,1-3H3,(H,22,25)(H,23,26). The van der Waals surface area contributed by atoms with Crippen LogP contribution in [0.4, 0.5) is 5.69 Å². The zero-order valence-electron chi connectivity index (χ0n) is 16.8. The molecule has 0 heterocycles. The van der Waals surface area contributed by atoms with Gasteiger partial charge in [0.25, 0.3) is 0 Å². The maximum Gasteiger partial charge on any atom is 0.227 e. The monoisotopic (exact) mass is 375 g/mol. The van der Waals surface area contributed by atoms with Crippen LogP contribution in [0.1, 0.15) is 39.0 Å². The molecule has 0 aromatic heterocycles. The van der Waals surface area contributed by atoms with Crippen molar-refractivity contribution in [1.29, 1.82) is 0 Å². The van der Waals surface area contributed by atoms with Gasteiger partial charge in [-0.2, -0.15) is 0 Å². The molecule has 6 heteroatoms. The van der Waals surface area contributed by atoms with Crippen molar-refractivity contribution in [1.82, 2.24) is 10.2 Å². The van der Waals surface area contributed by atoms with E-state index in [0.717, 1.165) is 56.6 Å². The van der Waals surface area contributed by atoms with E-state index in [1.54, 1.807) is 0 Å². The SMILES string of the molecule is CCOc1ccc(NC(=O)C2CCC(C(=O)NCCCN(C)C)CC2)cc1. The van der Waals surface area contributed by atoms with Crippen molar-refractivity contribution < 1.29 is 14.3 Å². The Morgan fingerprint density at radius 3 is 2.19 bits per heavy atom. The predicted molar refractivity (Wildman–Crippen MR) is 108 cm³/mol. The van der Waals surface area contributed by atoms with Crippen molar-refractivity contribution in [3.8, 4) is 5.75 Å². The molecule has 0 atom stereocenters. The van der Waals surface area contributed by atoms with E-state index in [4.69, 9.17) is 4.74 Å². The van der Waals surface area contributed by atoms with Crippen LogP contribution in [0.25, 0.3) is 0 Å². The lowest BCUT2D eigenvalue weighted by Gasteiger charge is -2.27. The number of hydrogen-bond donors (Lipinski definition) is 2. The van der Waals surface area contributed by atoms with Gasteiger partial charge in [-0.05, 0) is 83.9 Å². The van der Waals surface area contributed by atoms with Gasteiger partial charge in [0, 0.05) is 24.1 Å². The van der Waals surface area contributed by atoms with Gasteiger partial charge in [-0.15, -0.1) is 0 Å². The van der Waals surface area contributed by atoms with Gasteiger partial charge in [0.05, 0.1) is 6.61 Å². The van der Waals surface area contributed by atoms with Crippen LogP contribution in [0.5, 0.6) is 5.75 Å². The molecule has 0 radical (unpaired) electrons. The van der Waals surface area contributed by atoms with Crippen LogP contribution in [-0.2, 0) is 9.59 Å². The highest BCUT2D eigenvalue weighted by Gasteiger charge is 2.29. The minimum absolute atomic E-state index is 0.0191. The summed E-state index contributed by atoms with van der Waals surface area (Å²) in [5, 5.41) is 6.01. The van der Waals surface area contributed by atoms with E-state index in [1.165, 1.54) is 0 Å². The summed E-state index contributed by atoms with van der Waals surface area (Å²) in [6.45, 7) is 4.25. The summed E-state index contributed by atoms with van der Waals surface area (Å²) in [6, 6.07) is 7.43. The number of amides is 2. The van der Waals surface area contributed by atoms with E-state index in [9.17, 15) is 9.59 Å². The first-order valence-electron chi connectivity index (χ1n) is 9.95. The van der Waals surface area contributed by atoms with Gasteiger partial charge in [-0.25, -0.2) is 0 Å². The molecule has 0 saturated heterocycles. The Morgan fingerprint density at radius 1 is 1.04 bits per heavy atom. The minimum Gasteiger partial charge on any atom is -0.494 e. The molecule has 6 nitrogen and oxygen atoms in total. The number of hydrogen-bond acceptors (Lipinski definition) is 4. The third-order valence-electron chi connectivity index (χ3n) is 4.98. The summed E-state index contributed by atoms with van der Waals surface area (Å²) in [4.78, 5) is 26.9. The van der Waals surface area contributed by atoms with E-state index >= 15 is 0 Å². The van der Waals surface area contributed by atoms with E-state index < -0.39 is 0 Å². The molecule has 2 N–H and O–H groups in total. The second kappa shape index (κ2) is 10.9. The third-order valence-corrected chi connectivity index (χ3v) is 4.98. The lowest BCUT2D eigenvalue weighted by atomic mass is 9.81. The van der Waals surface area contributed by atoms with Crippen LogP contribution in [0.15, 0.2) is 24.3 Å². The van der Waals surface area contributed by atoms with Gasteiger partial charge < -0.3 is 20.3 Å². The molecule has 2 rings (SSSR count). The van der Waals surface area contributed by atoms with Crippen molar-refractivity contribution in [3.05, 3.63) is 24.3 Å². The fourth-order valence-electron chi connectivity index (χ4n) is 3.41. The van der Waals surface area contributed by atoms with Gasteiger partial charge in [-0.1, -0.05) is 0 Å². The van der Waals surface area contributed by atoms with Crippen molar-refractivity contribution >= 4 is 17.5 Å². The number of benzene rings is 1. The number of rotatable bonds is 9. The Balaban J connectivity index is 1.71. The highest BCUT2D eigenvalue weighted by Crippen LogP contribution is 2.30. The molecule has 1 aromatic carbocycles.